The van der Waals surface area contributed by atoms with E-state index in [4.69, 9.17) is 16.3 Å². The predicted octanol–water partition coefficient (Wildman–Crippen LogP) is 5.29. The summed E-state index contributed by atoms with van der Waals surface area (Å²) in [6.07, 6.45) is 0.889. The third-order valence-electron chi connectivity index (χ3n) is 4.18. The summed E-state index contributed by atoms with van der Waals surface area (Å²) in [6, 6.07) is 16.1. The van der Waals surface area contributed by atoms with Crippen LogP contribution in [-0.2, 0) is 12.8 Å². The zero-order valence-electron chi connectivity index (χ0n) is 14.0. The molecule has 0 aliphatic heterocycles. The number of halogens is 2. The first-order valence-corrected chi connectivity index (χ1v) is 8.76. The molecule has 134 valence electrons. The molecule has 0 radical (unpaired) electrons. The fourth-order valence-corrected chi connectivity index (χ4v) is 3.14. The maximum absolute atomic E-state index is 13.9. The van der Waals surface area contributed by atoms with Crippen LogP contribution in [0.4, 0.5) is 10.1 Å². The maximum atomic E-state index is 13.9. The van der Waals surface area contributed by atoms with E-state index in [9.17, 15) is 14.5 Å². The van der Waals surface area contributed by atoms with Gasteiger partial charge in [-0.25, -0.2) is 4.39 Å². The van der Waals surface area contributed by atoms with Gasteiger partial charge in [0.1, 0.15) is 12.4 Å². The molecule has 0 spiro atoms. The third kappa shape index (κ3) is 3.94. The highest BCUT2D eigenvalue weighted by atomic mass is 35.5. The van der Waals surface area contributed by atoms with Crippen molar-refractivity contribution < 1.29 is 14.1 Å². The van der Waals surface area contributed by atoms with Gasteiger partial charge < -0.3 is 4.74 Å². The van der Waals surface area contributed by atoms with Crippen LogP contribution in [0.5, 0.6) is 5.75 Å². The van der Waals surface area contributed by atoms with E-state index >= 15 is 0 Å². The van der Waals surface area contributed by atoms with Crippen LogP contribution in [-0.4, -0.2) is 17.4 Å². The van der Waals surface area contributed by atoms with E-state index in [1.807, 2.05) is 42.5 Å². The predicted molar refractivity (Wildman–Crippen MR) is 101 cm³/mol. The first-order chi connectivity index (χ1) is 12.6. The van der Waals surface area contributed by atoms with E-state index in [1.54, 1.807) is 0 Å². The molecule has 0 unspecified atom stereocenters. The molecule has 0 aliphatic rings. The second kappa shape index (κ2) is 8.15. The van der Waals surface area contributed by atoms with Crippen molar-refractivity contribution in [2.75, 3.05) is 12.5 Å². The maximum Gasteiger partial charge on any atom is 0.314 e. The number of fused-ring (bicyclic) bond motifs is 1. The van der Waals surface area contributed by atoms with Crippen LogP contribution in [0.1, 0.15) is 11.1 Å². The fraction of sp³-hybridized carbons (Fsp3) is 0.200. The lowest BCUT2D eigenvalue weighted by Crippen LogP contribution is -2.05. The highest BCUT2D eigenvalue weighted by Crippen LogP contribution is 2.33. The normalized spacial score (nSPS) is 10.8. The Hall–Kier alpha value is -2.66. The van der Waals surface area contributed by atoms with E-state index in [0.29, 0.717) is 18.4 Å². The van der Waals surface area contributed by atoms with Gasteiger partial charge >= 0.3 is 5.69 Å². The molecule has 0 aliphatic carbocycles. The molecule has 0 saturated heterocycles. The molecule has 0 N–H and O–H groups in total. The Balaban J connectivity index is 1.93. The monoisotopic (exact) mass is 373 g/mol. The molecule has 3 aromatic carbocycles. The zero-order chi connectivity index (χ0) is 18.5. The lowest BCUT2D eigenvalue weighted by molar-refractivity contribution is -0.386. The van der Waals surface area contributed by atoms with Crippen LogP contribution in [0.15, 0.2) is 54.6 Å². The lowest BCUT2D eigenvalue weighted by atomic mass is 9.97. The lowest BCUT2D eigenvalue weighted by Gasteiger charge is -2.11. The Kier molecular flexibility index (Phi) is 5.68. The van der Waals surface area contributed by atoms with E-state index in [0.717, 1.165) is 22.4 Å². The smallest absolute Gasteiger partial charge is 0.314 e. The number of hydrogen-bond donors (Lipinski definition) is 0. The number of nitro benzene ring substituents is 1. The van der Waals surface area contributed by atoms with Gasteiger partial charge in [0, 0.05) is 11.6 Å². The van der Waals surface area contributed by atoms with Crippen molar-refractivity contribution in [3.05, 3.63) is 81.7 Å². The quantitative estimate of drug-likeness (QED) is 0.321. The molecule has 4 nitrogen and oxygen atoms in total. The summed E-state index contributed by atoms with van der Waals surface area (Å²) in [6.45, 7) is 0.0780. The number of ether oxygens (including phenoxy) is 1. The second-order valence-electron chi connectivity index (χ2n) is 5.84. The first kappa shape index (κ1) is 18.1. The molecule has 0 fully saturated rings. The van der Waals surface area contributed by atoms with Crippen molar-refractivity contribution in [3.63, 3.8) is 0 Å². The second-order valence-corrected chi connectivity index (χ2v) is 6.22. The topological polar surface area (TPSA) is 52.4 Å². The number of nitrogens with zero attached hydrogens (tertiary/aromatic N) is 1. The molecule has 0 saturated carbocycles. The highest BCUT2D eigenvalue weighted by molar-refractivity contribution is 6.18. The first-order valence-electron chi connectivity index (χ1n) is 8.22. The molecule has 26 heavy (non-hydrogen) atoms. The van der Waals surface area contributed by atoms with E-state index in [1.165, 1.54) is 6.07 Å². The number of hydrogen-bond acceptors (Lipinski definition) is 3. The molecule has 0 heterocycles. The number of alkyl halides is 1. The summed E-state index contributed by atoms with van der Waals surface area (Å²) in [4.78, 5) is 11.0. The van der Waals surface area contributed by atoms with Gasteiger partial charge in [0.05, 0.1) is 10.8 Å². The summed E-state index contributed by atoms with van der Waals surface area (Å²) in [5.41, 5.74) is 1.18. The Morgan fingerprint density at radius 3 is 2.54 bits per heavy atom. The minimum atomic E-state index is -0.562. The number of benzene rings is 3. The fourth-order valence-electron chi connectivity index (χ4n) is 3.06. The highest BCUT2D eigenvalue weighted by Gasteiger charge is 2.23. The summed E-state index contributed by atoms with van der Waals surface area (Å²) >= 11 is 5.57. The molecule has 3 aromatic rings. The molecular weight excluding hydrogens is 357 g/mol. The number of aryl methyl sites for hydroxylation is 2. The van der Waals surface area contributed by atoms with Crippen molar-refractivity contribution in [2.45, 2.75) is 12.8 Å². The third-order valence-corrected chi connectivity index (χ3v) is 4.33. The Bertz CT molecular complexity index is 940. The summed E-state index contributed by atoms with van der Waals surface area (Å²) in [5.74, 6) is -0.476. The SMILES string of the molecule is O=[N+]([O-])c1c(CCc2cccc3ccccc23)cc(F)cc1OCCCl. The molecule has 0 bridgehead atoms. The van der Waals surface area contributed by atoms with E-state index in [-0.39, 0.29) is 23.9 Å². The van der Waals surface area contributed by atoms with Crippen LogP contribution in [0.3, 0.4) is 0 Å². The van der Waals surface area contributed by atoms with Crippen LogP contribution in [0.25, 0.3) is 10.8 Å². The molecular formula is C20H17ClFNO3. The van der Waals surface area contributed by atoms with Gasteiger partial charge in [0.25, 0.3) is 0 Å². The van der Waals surface area contributed by atoms with Crippen LogP contribution in [0.2, 0.25) is 0 Å². The van der Waals surface area contributed by atoms with Crippen LogP contribution >= 0.6 is 11.6 Å². The van der Waals surface area contributed by atoms with Crippen molar-refractivity contribution >= 4 is 28.1 Å². The van der Waals surface area contributed by atoms with Crippen molar-refractivity contribution in [3.8, 4) is 5.75 Å². The van der Waals surface area contributed by atoms with Gasteiger partial charge in [-0.15, -0.1) is 11.6 Å². The van der Waals surface area contributed by atoms with Crippen molar-refractivity contribution in [1.82, 2.24) is 0 Å². The van der Waals surface area contributed by atoms with E-state index < -0.39 is 10.7 Å². The standard InChI is InChI=1S/C20H17ClFNO3/c21-10-11-26-19-13-17(22)12-16(20(19)23(24)25)9-8-15-6-3-5-14-4-1-2-7-18(14)15/h1-7,12-13H,8-11H2. The Morgan fingerprint density at radius 2 is 1.77 bits per heavy atom. The van der Waals surface area contributed by atoms with Gasteiger partial charge in [-0.3, -0.25) is 10.1 Å². The van der Waals surface area contributed by atoms with Gasteiger partial charge in [0.15, 0.2) is 5.75 Å². The van der Waals surface area contributed by atoms with E-state index in [2.05, 4.69) is 0 Å². The number of rotatable bonds is 7. The van der Waals surface area contributed by atoms with Crippen LogP contribution < -0.4 is 4.74 Å². The zero-order valence-corrected chi connectivity index (χ0v) is 14.7. The summed E-state index contributed by atoms with van der Waals surface area (Å²) in [5, 5.41) is 13.7. The van der Waals surface area contributed by atoms with Crippen molar-refractivity contribution in [1.29, 1.82) is 0 Å². The van der Waals surface area contributed by atoms with Crippen LogP contribution in [0, 0.1) is 15.9 Å². The molecule has 6 heteroatoms. The molecule has 0 amide bonds. The van der Waals surface area contributed by atoms with Crippen molar-refractivity contribution in [2.24, 2.45) is 0 Å². The van der Waals surface area contributed by atoms with Gasteiger partial charge in [-0.2, -0.15) is 0 Å². The Labute approximate surface area is 155 Å². The van der Waals surface area contributed by atoms with Gasteiger partial charge in [-0.1, -0.05) is 42.5 Å². The van der Waals surface area contributed by atoms with Gasteiger partial charge in [-0.05, 0) is 35.2 Å². The molecule has 3 rings (SSSR count). The summed E-state index contributed by atoms with van der Waals surface area (Å²) in [7, 11) is 0. The number of nitro groups is 1. The largest absolute Gasteiger partial charge is 0.485 e. The van der Waals surface area contributed by atoms with Gasteiger partial charge in [0.2, 0.25) is 0 Å². The average molecular weight is 374 g/mol. The molecule has 0 atom stereocenters. The molecule has 0 aromatic heterocycles. The minimum absolute atomic E-state index is 0.0780. The Morgan fingerprint density at radius 1 is 1.04 bits per heavy atom. The average Bonchev–Trinajstić information content (AvgIpc) is 2.63. The minimum Gasteiger partial charge on any atom is -0.485 e. The summed E-state index contributed by atoms with van der Waals surface area (Å²) < 4.78 is 19.2.